The predicted octanol–water partition coefficient (Wildman–Crippen LogP) is 1.52. The molecule has 0 atom stereocenters. The average molecular weight is 284 g/mol. The van der Waals surface area contributed by atoms with E-state index in [-0.39, 0.29) is 5.75 Å². The van der Waals surface area contributed by atoms with Crippen LogP contribution in [-0.4, -0.2) is 27.8 Å². The molecular formula is C14H24N2O2S. The summed E-state index contributed by atoms with van der Waals surface area (Å²) in [5.74, 6) is 0.769. The van der Waals surface area contributed by atoms with Crippen molar-refractivity contribution < 1.29 is 8.42 Å². The fourth-order valence-electron chi connectivity index (χ4n) is 1.81. The van der Waals surface area contributed by atoms with Crippen LogP contribution in [-0.2, 0) is 23.0 Å². The van der Waals surface area contributed by atoms with Gasteiger partial charge in [0.1, 0.15) is 0 Å². The summed E-state index contributed by atoms with van der Waals surface area (Å²) in [7, 11) is -1.67. The van der Waals surface area contributed by atoms with Crippen molar-refractivity contribution in [1.82, 2.24) is 10.0 Å². The lowest BCUT2D eigenvalue weighted by Crippen LogP contribution is -2.29. The summed E-state index contributed by atoms with van der Waals surface area (Å²) >= 11 is 0. The van der Waals surface area contributed by atoms with E-state index in [0.717, 1.165) is 6.42 Å². The largest absolute Gasteiger partial charge is 0.312 e. The lowest BCUT2D eigenvalue weighted by Gasteiger charge is -2.08. The van der Waals surface area contributed by atoms with Crippen LogP contribution in [0.25, 0.3) is 0 Å². The molecule has 0 saturated heterocycles. The molecule has 1 aromatic rings. The zero-order chi connectivity index (χ0) is 14.3. The molecule has 0 aromatic heterocycles. The van der Waals surface area contributed by atoms with Crippen LogP contribution in [0.3, 0.4) is 0 Å². The molecule has 1 aromatic carbocycles. The van der Waals surface area contributed by atoms with Crippen LogP contribution >= 0.6 is 0 Å². The van der Waals surface area contributed by atoms with Crippen molar-refractivity contribution in [3.05, 3.63) is 35.4 Å². The fraction of sp³-hybridized carbons (Fsp3) is 0.571. The molecule has 19 heavy (non-hydrogen) atoms. The summed E-state index contributed by atoms with van der Waals surface area (Å²) in [6.07, 6.45) is 1.09. The Morgan fingerprint density at radius 1 is 1.11 bits per heavy atom. The topological polar surface area (TPSA) is 58.2 Å². The molecule has 0 fully saturated rings. The first-order chi connectivity index (χ1) is 8.93. The first-order valence-electron chi connectivity index (χ1n) is 6.62. The first-order valence-corrected chi connectivity index (χ1v) is 8.28. The smallest absolute Gasteiger partial charge is 0.212 e. The van der Waals surface area contributed by atoms with Crippen LogP contribution < -0.4 is 10.0 Å². The van der Waals surface area contributed by atoms with Gasteiger partial charge in [-0.2, -0.15) is 0 Å². The molecule has 5 heteroatoms. The zero-order valence-electron chi connectivity index (χ0n) is 11.9. The van der Waals surface area contributed by atoms with Crippen LogP contribution in [0.5, 0.6) is 0 Å². The Hall–Kier alpha value is -0.910. The van der Waals surface area contributed by atoms with Gasteiger partial charge in [0.25, 0.3) is 0 Å². The van der Waals surface area contributed by atoms with E-state index in [1.807, 2.05) is 0 Å². The summed E-state index contributed by atoms with van der Waals surface area (Å²) in [6, 6.07) is 8.47. The van der Waals surface area contributed by atoms with Crippen LogP contribution in [0.2, 0.25) is 0 Å². The number of hydrogen-bond acceptors (Lipinski definition) is 3. The van der Waals surface area contributed by atoms with E-state index >= 15 is 0 Å². The van der Waals surface area contributed by atoms with Gasteiger partial charge in [-0.15, -0.1) is 0 Å². The third-order valence-corrected chi connectivity index (χ3v) is 4.22. The second-order valence-corrected chi connectivity index (χ2v) is 7.16. The van der Waals surface area contributed by atoms with Crippen molar-refractivity contribution in [3.8, 4) is 0 Å². The highest BCUT2D eigenvalue weighted by Gasteiger charge is 2.05. The maximum atomic E-state index is 11.2. The van der Waals surface area contributed by atoms with Crippen molar-refractivity contribution in [3.63, 3.8) is 0 Å². The van der Waals surface area contributed by atoms with E-state index < -0.39 is 10.0 Å². The molecule has 0 aliphatic carbocycles. The van der Waals surface area contributed by atoms with Gasteiger partial charge in [-0.25, -0.2) is 13.1 Å². The lowest BCUT2D eigenvalue weighted by atomic mass is 10.0. The van der Waals surface area contributed by atoms with Crippen molar-refractivity contribution in [2.24, 2.45) is 5.92 Å². The molecule has 0 unspecified atom stereocenters. The van der Waals surface area contributed by atoms with Gasteiger partial charge < -0.3 is 5.32 Å². The van der Waals surface area contributed by atoms with E-state index in [1.165, 1.54) is 18.2 Å². The van der Waals surface area contributed by atoms with E-state index in [2.05, 4.69) is 48.2 Å². The monoisotopic (exact) mass is 284 g/mol. The normalized spacial score (nSPS) is 12.0. The summed E-state index contributed by atoms with van der Waals surface area (Å²) in [5, 5.41) is 3.13. The Morgan fingerprint density at radius 2 is 1.68 bits per heavy atom. The van der Waals surface area contributed by atoms with E-state index in [4.69, 9.17) is 0 Å². The molecule has 0 aliphatic rings. The highest BCUT2D eigenvalue weighted by Crippen LogP contribution is 2.09. The molecule has 2 N–H and O–H groups in total. The molecule has 0 radical (unpaired) electrons. The second-order valence-electron chi connectivity index (χ2n) is 5.11. The number of hydrogen-bond donors (Lipinski definition) is 2. The Kier molecular flexibility index (Phi) is 6.48. The first kappa shape index (κ1) is 16.1. The van der Waals surface area contributed by atoms with Crippen LogP contribution in [0.1, 0.15) is 25.0 Å². The molecule has 108 valence electrons. The van der Waals surface area contributed by atoms with Gasteiger partial charge in [-0.1, -0.05) is 38.1 Å². The minimum atomic E-state index is -3.11. The zero-order valence-corrected chi connectivity index (χ0v) is 12.8. The number of benzene rings is 1. The molecule has 1 rings (SSSR count). The van der Waals surface area contributed by atoms with Crippen molar-refractivity contribution >= 4 is 10.0 Å². The SMILES string of the molecule is CNS(=O)(=O)CCNCc1ccc(CC(C)C)cc1. The van der Waals surface area contributed by atoms with Crippen LogP contribution in [0.15, 0.2) is 24.3 Å². The summed E-state index contributed by atoms with van der Waals surface area (Å²) in [6.45, 7) is 5.56. The lowest BCUT2D eigenvalue weighted by molar-refractivity contribution is 0.583. The molecule has 0 spiro atoms. The molecule has 0 saturated carbocycles. The molecule has 0 amide bonds. The quantitative estimate of drug-likeness (QED) is 0.712. The van der Waals surface area contributed by atoms with Gasteiger partial charge in [0.15, 0.2) is 0 Å². The minimum absolute atomic E-state index is 0.106. The Bertz CT molecular complexity index is 467. The minimum Gasteiger partial charge on any atom is -0.312 e. The maximum absolute atomic E-state index is 11.2. The molecular weight excluding hydrogens is 260 g/mol. The molecule has 0 heterocycles. The molecule has 0 aliphatic heterocycles. The summed E-state index contributed by atoms with van der Waals surface area (Å²) < 4.78 is 24.7. The van der Waals surface area contributed by atoms with Gasteiger partial charge in [0.2, 0.25) is 10.0 Å². The van der Waals surface area contributed by atoms with Crippen molar-refractivity contribution in [2.75, 3.05) is 19.3 Å². The van der Waals surface area contributed by atoms with E-state index in [0.29, 0.717) is 19.0 Å². The van der Waals surface area contributed by atoms with Gasteiger partial charge in [-0.05, 0) is 30.5 Å². The van der Waals surface area contributed by atoms with Crippen LogP contribution in [0, 0.1) is 5.92 Å². The average Bonchev–Trinajstić information content (AvgIpc) is 2.36. The number of sulfonamides is 1. The van der Waals surface area contributed by atoms with Gasteiger partial charge in [0, 0.05) is 13.1 Å². The number of nitrogens with one attached hydrogen (secondary N) is 2. The van der Waals surface area contributed by atoms with E-state index in [1.54, 1.807) is 0 Å². The summed E-state index contributed by atoms with van der Waals surface area (Å²) in [4.78, 5) is 0. The van der Waals surface area contributed by atoms with Gasteiger partial charge >= 0.3 is 0 Å². The number of rotatable bonds is 8. The third kappa shape index (κ3) is 6.71. The predicted molar refractivity (Wildman–Crippen MR) is 79.5 cm³/mol. The fourth-order valence-corrected chi connectivity index (χ4v) is 2.42. The maximum Gasteiger partial charge on any atom is 0.212 e. The van der Waals surface area contributed by atoms with Crippen LogP contribution in [0.4, 0.5) is 0 Å². The van der Waals surface area contributed by atoms with Gasteiger partial charge in [-0.3, -0.25) is 0 Å². The summed E-state index contributed by atoms with van der Waals surface area (Å²) in [5.41, 5.74) is 2.52. The van der Waals surface area contributed by atoms with Crippen molar-refractivity contribution in [1.29, 1.82) is 0 Å². The van der Waals surface area contributed by atoms with Crippen molar-refractivity contribution in [2.45, 2.75) is 26.8 Å². The third-order valence-electron chi connectivity index (χ3n) is 2.85. The van der Waals surface area contributed by atoms with E-state index in [9.17, 15) is 8.42 Å². The molecule has 4 nitrogen and oxygen atoms in total. The highest BCUT2D eigenvalue weighted by molar-refractivity contribution is 7.89. The highest BCUT2D eigenvalue weighted by atomic mass is 32.2. The Morgan fingerprint density at radius 3 is 2.21 bits per heavy atom. The van der Waals surface area contributed by atoms with Gasteiger partial charge in [0.05, 0.1) is 5.75 Å². The Labute approximate surface area is 116 Å². The Balaban J connectivity index is 2.34. The molecule has 0 bridgehead atoms. The second kappa shape index (κ2) is 7.62. The standard InChI is InChI=1S/C14H24N2O2S/c1-12(2)10-13-4-6-14(7-5-13)11-16-8-9-19(17,18)15-3/h4-7,12,15-16H,8-11H2,1-3H3.